The van der Waals surface area contributed by atoms with Gasteiger partial charge in [0.25, 0.3) is 5.91 Å². The highest BCUT2D eigenvalue weighted by atomic mass is 16.5. The highest BCUT2D eigenvalue weighted by molar-refractivity contribution is 6.28. The minimum absolute atomic E-state index is 0.185. The van der Waals surface area contributed by atoms with Gasteiger partial charge in [-0.25, -0.2) is 4.99 Å². The van der Waals surface area contributed by atoms with Gasteiger partial charge in [-0.3, -0.25) is 4.79 Å². The molecule has 70 valence electrons. The van der Waals surface area contributed by atoms with Crippen molar-refractivity contribution in [1.82, 2.24) is 0 Å². The van der Waals surface area contributed by atoms with Crippen LogP contribution < -0.4 is 4.74 Å². The first-order valence-corrected chi connectivity index (χ1v) is 4.24. The van der Waals surface area contributed by atoms with E-state index >= 15 is 0 Å². The average molecular weight is 187 g/mol. The number of hydrogen-bond donors (Lipinski definition) is 0. The Labute approximate surface area is 81.7 Å². The van der Waals surface area contributed by atoms with Crippen molar-refractivity contribution in [2.45, 2.75) is 0 Å². The third-order valence-corrected chi connectivity index (χ3v) is 2.06. The summed E-state index contributed by atoms with van der Waals surface area (Å²) in [5, 5.41) is 0. The van der Waals surface area contributed by atoms with E-state index in [1.54, 1.807) is 13.2 Å². The molecule has 3 heteroatoms. The van der Waals surface area contributed by atoms with Crippen LogP contribution in [0.25, 0.3) is 5.57 Å². The number of ether oxygens (including phenoxy) is 1. The van der Waals surface area contributed by atoms with Crippen molar-refractivity contribution in [3.63, 3.8) is 0 Å². The maximum absolute atomic E-state index is 11.2. The van der Waals surface area contributed by atoms with E-state index in [0.717, 1.165) is 11.3 Å². The summed E-state index contributed by atoms with van der Waals surface area (Å²) in [5.74, 6) is 0.593. The van der Waals surface area contributed by atoms with E-state index in [0.29, 0.717) is 5.57 Å². The van der Waals surface area contributed by atoms with Crippen molar-refractivity contribution in [2.75, 3.05) is 7.11 Å². The second-order valence-corrected chi connectivity index (χ2v) is 2.89. The van der Waals surface area contributed by atoms with Crippen LogP contribution in [0.3, 0.4) is 0 Å². The molecule has 0 aromatic heterocycles. The van der Waals surface area contributed by atoms with Gasteiger partial charge in [-0.2, -0.15) is 0 Å². The highest BCUT2D eigenvalue weighted by Crippen LogP contribution is 2.21. The van der Waals surface area contributed by atoms with Crippen LogP contribution in [0.15, 0.2) is 35.3 Å². The van der Waals surface area contributed by atoms with E-state index in [1.807, 2.05) is 24.3 Å². The molecular formula is C11H9NO2. The summed E-state index contributed by atoms with van der Waals surface area (Å²) in [6, 6.07) is 7.33. The van der Waals surface area contributed by atoms with Crippen molar-refractivity contribution in [3.8, 4) is 5.75 Å². The Kier molecular flexibility index (Phi) is 2.14. The van der Waals surface area contributed by atoms with Crippen molar-refractivity contribution >= 4 is 17.7 Å². The van der Waals surface area contributed by atoms with Gasteiger partial charge in [0.05, 0.1) is 12.7 Å². The molecule has 1 aliphatic rings. The van der Waals surface area contributed by atoms with Crippen molar-refractivity contribution < 1.29 is 9.53 Å². The topological polar surface area (TPSA) is 38.7 Å². The SMILES string of the molecule is COc1ccc(C2=CC=NC2=O)cc1. The molecule has 0 fully saturated rings. The van der Waals surface area contributed by atoms with E-state index in [2.05, 4.69) is 4.99 Å². The number of carbonyl (C=O) groups excluding carboxylic acids is 1. The Morgan fingerprint density at radius 2 is 1.93 bits per heavy atom. The van der Waals surface area contributed by atoms with Crippen LogP contribution in [-0.2, 0) is 4.79 Å². The maximum atomic E-state index is 11.2. The molecule has 0 saturated carbocycles. The molecule has 0 saturated heterocycles. The molecule has 0 bridgehead atoms. The fourth-order valence-electron chi connectivity index (χ4n) is 1.31. The largest absolute Gasteiger partial charge is 0.497 e. The molecule has 0 radical (unpaired) electrons. The number of hydrogen-bond acceptors (Lipinski definition) is 2. The van der Waals surface area contributed by atoms with Crippen molar-refractivity contribution in [1.29, 1.82) is 0 Å². The normalized spacial score (nSPS) is 14.4. The summed E-state index contributed by atoms with van der Waals surface area (Å²) in [4.78, 5) is 14.9. The highest BCUT2D eigenvalue weighted by Gasteiger charge is 2.13. The van der Waals surface area contributed by atoms with Crippen LogP contribution >= 0.6 is 0 Å². The Morgan fingerprint density at radius 3 is 2.43 bits per heavy atom. The smallest absolute Gasteiger partial charge is 0.277 e. The molecule has 1 aromatic carbocycles. The van der Waals surface area contributed by atoms with Crippen LogP contribution in [0.5, 0.6) is 5.75 Å². The lowest BCUT2D eigenvalue weighted by Gasteiger charge is -2.02. The van der Waals surface area contributed by atoms with E-state index in [1.165, 1.54) is 6.21 Å². The Hall–Kier alpha value is -1.90. The number of nitrogens with zero attached hydrogens (tertiary/aromatic N) is 1. The van der Waals surface area contributed by atoms with Crippen molar-refractivity contribution in [2.24, 2.45) is 4.99 Å². The lowest BCUT2D eigenvalue weighted by molar-refractivity contribution is -0.112. The average Bonchev–Trinajstić information content (AvgIpc) is 2.65. The minimum Gasteiger partial charge on any atom is -0.497 e. The Balaban J connectivity index is 2.30. The van der Waals surface area contributed by atoms with Crippen LogP contribution in [0.1, 0.15) is 5.56 Å². The quantitative estimate of drug-likeness (QED) is 0.706. The molecule has 1 heterocycles. The molecule has 3 nitrogen and oxygen atoms in total. The molecular weight excluding hydrogens is 178 g/mol. The van der Waals surface area contributed by atoms with Gasteiger partial charge in [-0.15, -0.1) is 0 Å². The number of amides is 1. The number of aliphatic imine (C=N–C) groups is 1. The van der Waals surface area contributed by atoms with Gasteiger partial charge in [0.2, 0.25) is 0 Å². The van der Waals surface area contributed by atoms with Crippen LogP contribution in [0, 0.1) is 0 Å². The number of carbonyl (C=O) groups is 1. The van der Waals surface area contributed by atoms with E-state index in [9.17, 15) is 4.79 Å². The van der Waals surface area contributed by atoms with Crippen molar-refractivity contribution in [3.05, 3.63) is 35.9 Å². The van der Waals surface area contributed by atoms with Gasteiger partial charge in [0, 0.05) is 6.21 Å². The summed E-state index contributed by atoms with van der Waals surface area (Å²) < 4.78 is 5.02. The predicted molar refractivity (Wildman–Crippen MR) is 54.5 cm³/mol. The molecule has 1 aromatic rings. The van der Waals surface area contributed by atoms with E-state index in [-0.39, 0.29) is 5.91 Å². The minimum atomic E-state index is -0.185. The molecule has 14 heavy (non-hydrogen) atoms. The van der Waals surface area contributed by atoms with Gasteiger partial charge >= 0.3 is 0 Å². The second kappa shape index (κ2) is 3.46. The van der Waals surface area contributed by atoms with Gasteiger partial charge in [0.15, 0.2) is 0 Å². The summed E-state index contributed by atoms with van der Waals surface area (Å²) in [7, 11) is 1.61. The van der Waals surface area contributed by atoms with Crippen LogP contribution in [0.4, 0.5) is 0 Å². The predicted octanol–water partition coefficient (Wildman–Crippen LogP) is 1.69. The summed E-state index contributed by atoms with van der Waals surface area (Å²) in [6.45, 7) is 0. The molecule has 2 rings (SSSR count). The zero-order chi connectivity index (χ0) is 9.97. The third kappa shape index (κ3) is 1.44. The summed E-state index contributed by atoms with van der Waals surface area (Å²) in [6.07, 6.45) is 3.23. The molecule has 1 aliphatic heterocycles. The van der Waals surface area contributed by atoms with Gasteiger partial charge in [-0.1, -0.05) is 12.1 Å². The fourth-order valence-corrected chi connectivity index (χ4v) is 1.31. The van der Waals surface area contributed by atoms with E-state index < -0.39 is 0 Å². The van der Waals surface area contributed by atoms with Crippen LogP contribution in [0.2, 0.25) is 0 Å². The monoisotopic (exact) mass is 187 g/mol. The number of allylic oxidation sites excluding steroid dienone is 1. The molecule has 0 N–H and O–H groups in total. The van der Waals surface area contributed by atoms with Gasteiger partial charge in [0.1, 0.15) is 5.75 Å². The number of methoxy groups -OCH3 is 1. The molecule has 0 unspecified atom stereocenters. The molecule has 0 atom stereocenters. The third-order valence-electron chi connectivity index (χ3n) is 2.06. The standard InChI is InChI=1S/C11H9NO2/c1-14-9-4-2-8(3-5-9)10-6-7-12-11(10)13/h2-7H,1H3. The molecule has 0 spiro atoms. The zero-order valence-electron chi connectivity index (χ0n) is 7.73. The Morgan fingerprint density at radius 1 is 1.21 bits per heavy atom. The second-order valence-electron chi connectivity index (χ2n) is 2.89. The first-order valence-electron chi connectivity index (χ1n) is 4.24. The van der Waals surface area contributed by atoms with Gasteiger partial charge < -0.3 is 4.74 Å². The fraction of sp³-hybridized carbons (Fsp3) is 0.0909. The molecule has 1 amide bonds. The zero-order valence-corrected chi connectivity index (χ0v) is 7.73. The first kappa shape index (κ1) is 8.69. The summed E-state index contributed by atoms with van der Waals surface area (Å²) in [5.41, 5.74) is 1.50. The maximum Gasteiger partial charge on any atom is 0.277 e. The van der Waals surface area contributed by atoms with E-state index in [4.69, 9.17) is 4.74 Å². The number of benzene rings is 1. The number of rotatable bonds is 2. The van der Waals surface area contributed by atoms with Gasteiger partial charge in [-0.05, 0) is 23.8 Å². The lowest BCUT2D eigenvalue weighted by Crippen LogP contribution is -1.93. The lowest BCUT2D eigenvalue weighted by atomic mass is 10.1. The van der Waals surface area contributed by atoms with Crippen LogP contribution in [-0.4, -0.2) is 19.2 Å². The first-order chi connectivity index (χ1) is 6.81. The Bertz CT molecular complexity index is 415. The molecule has 0 aliphatic carbocycles. The summed E-state index contributed by atoms with van der Waals surface area (Å²) >= 11 is 0.